The van der Waals surface area contributed by atoms with Gasteiger partial charge in [-0.25, -0.2) is 0 Å². The van der Waals surface area contributed by atoms with Gasteiger partial charge >= 0.3 is 6.01 Å². The number of rotatable bonds is 4. The lowest BCUT2D eigenvalue weighted by Crippen LogP contribution is -2.16. The van der Waals surface area contributed by atoms with Gasteiger partial charge in [-0.1, -0.05) is 33.2 Å². The maximum atomic E-state index is 5.68. The van der Waals surface area contributed by atoms with Crippen LogP contribution in [-0.4, -0.2) is 17.2 Å². The van der Waals surface area contributed by atoms with Crippen LogP contribution in [0.4, 0.5) is 6.01 Å². The van der Waals surface area contributed by atoms with Gasteiger partial charge in [-0.05, 0) is 24.6 Å². The fourth-order valence-corrected chi connectivity index (χ4v) is 1.99. The average molecular weight is 311 g/mol. The Bertz CT molecular complexity index is 526. The van der Waals surface area contributed by atoms with Crippen molar-refractivity contribution in [3.63, 3.8) is 0 Å². The van der Waals surface area contributed by atoms with Crippen LogP contribution >= 0.6 is 15.9 Å². The highest BCUT2D eigenvalue weighted by atomic mass is 79.9. The molecule has 6 heteroatoms. The van der Waals surface area contributed by atoms with Crippen molar-refractivity contribution in [2.45, 2.75) is 19.5 Å². The zero-order valence-electron chi connectivity index (χ0n) is 10.3. The molecule has 18 heavy (non-hydrogen) atoms. The van der Waals surface area contributed by atoms with Gasteiger partial charge in [0, 0.05) is 18.1 Å². The van der Waals surface area contributed by atoms with Crippen molar-refractivity contribution in [1.82, 2.24) is 10.2 Å². The Balaban J connectivity index is 2.09. The molecule has 0 bridgehead atoms. The van der Waals surface area contributed by atoms with Crippen LogP contribution < -0.4 is 10.6 Å². The van der Waals surface area contributed by atoms with E-state index in [-0.39, 0.29) is 6.04 Å². The number of aromatic nitrogens is 2. The van der Waals surface area contributed by atoms with Gasteiger partial charge < -0.3 is 15.1 Å². The van der Waals surface area contributed by atoms with Crippen molar-refractivity contribution in [3.8, 4) is 0 Å². The van der Waals surface area contributed by atoms with Gasteiger partial charge in [0.2, 0.25) is 5.89 Å². The van der Waals surface area contributed by atoms with Crippen LogP contribution in [0.5, 0.6) is 0 Å². The third-order valence-electron chi connectivity index (χ3n) is 2.45. The Morgan fingerprint density at radius 3 is 2.83 bits per heavy atom. The quantitative estimate of drug-likeness (QED) is 0.939. The Hall–Kier alpha value is -1.40. The molecule has 0 saturated carbocycles. The molecular formula is C12H15BrN4O. The topological polar surface area (TPSA) is 68.2 Å². The maximum absolute atomic E-state index is 5.68. The highest BCUT2D eigenvalue weighted by Crippen LogP contribution is 2.18. The minimum absolute atomic E-state index is 0.245. The number of anilines is 1. The van der Waals surface area contributed by atoms with Gasteiger partial charge in [0.1, 0.15) is 0 Å². The van der Waals surface area contributed by atoms with Crippen molar-refractivity contribution in [3.05, 3.63) is 40.2 Å². The zero-order chi connectivity index (χ0) is 13.1. The molecule has 2 rings (SSSR count). The fraction of sp³-hybridized carbons (Fsp3) is 0.333. The normalized spacial score (nSPS) is 12.4. The lowest BCUT2D eigenvalue weighted by molar-refractivity contribution is 0.460. The van der Waals surface area contributed by atoms with Crippen LogP contribution in [0.1, 0.15) is 24.4 Å². The van der Waals surface area contributed by atoms with Crippen LogP contribution in [0.25, 0.3) is 0 Å². The van der Waals surface area contributed by atoms with Crippen LogP contribution in [0, 0.1) is 0 Å². The van der Waals surface area contributed by atoms with Gasteiger partial charge in [0.25, 0.3) is 0 Å². The van der Waals surface area contributed by atoms with Crippen molar-refractivity contribution in [2.75, 3.05) is 11.9 Å². The molecule has 1 aromatic heterocycles. The first-order valence-corrected chi connectivity index (χ1v) is 6.40. The van der Waals surface area contributed by atoms with Crippen LogP contribution in [-0.2, 0) is 6.54 Å². The first-order chi connectivity index (χ1) is 8.56. The van der Waals surface area contributed by atoms with Crippen molar-refractivity contribution >= 4 is 21.9 Å². The number of hydrogen-bond acceptors (Lipinski definition) is 5. The predicted molar refractivity (Wildman–Crippen MR) is 73.1 cm³/mol. The molecule has 0 aliphatic carbocycles. The summed E-state index contributed by atoms with van der Waals surface area (Å²) < 4.78 is 6.53. The first-order valence-electron chi connectivity index (χ1n) is 5.61. The van der Waals surface area contributed by atoms with E-state index >= 15 is 0 Å². The van der Waals surface area contributed by atoms with Crippen molar-refractivity contribution in [1.29, 1.82) is 0 Å². The molecule has 0 radical (unpaired) electrons. The molecule has 1 atom stereocenters. The summed E-state index contributed by atoms with van der Waals surface area (Å²) in [7, 11) is 1.90. The van der Waals surface area contributed by atoms with Gasteiger partial charge in [0.05, 0.1) is 6.04 Å². The highest BCUT2D eigenvalue weighted by molar-refractivity contribution is 9.10. The lowest BCUT2D eigenvalue weighted by atomic mass is 10.2. The standard InChI is InChI=1S/C12H15BrN4O/c1-8(14)11-15-16-12(18-11)17(2)7-9-4-3-5-10(13)6-9/h3-6,8H,7,14H2,1-2H3. The second-order valence-electron chi connectivity index (χ2n) is 4.20. The molecule has 0 saturated heterocycles. The van der Waals surface area contributed by atoms with Crippen molar-refractivity contribution < 1.29 is 4.42 Å². The van der Waals surface area contributed by atoms with E-state index in [2.05, 4.69) is 32.2 Å². The lowest BCUT2D eigenvalue weighted by Gasteiger charge is -2.13. The van der Waals surface area contributed by atoms with Crippen LogP contribution in [0.2, 0.25) is 0 Å². The van der Waals surface area contributed by atoms with E-state index in [1.807, 2.05) is 37.1 Å². The van der Waals surface area contributed by atoms with Crippen LogP contribution in [0.15, 0.2) is 33.2 Å². The summed E-state index contributed by atoms with van der Waals surface area (Å²) in [6.07, 6.45) is 0. The van der Waals surface area contributed by atoms with E-state index in [0.717, 1.165) is 10.0 Å². The van der Waals surface area contributed by atoms with Gasteiger partial charge in [0.15, 0.2) is 0 Å². The van der Waals surface area contributed by atoms with Gasteiger partial charge in [-0.15, -0.1) is 5.10 Å². The molecule has 1 unspecified atom stereocenters. The van der Waals surface area contributed by atoms with E-state index in [1.165, 1.54) is 0 Å². The average Bonchev–Trinajstić information content (AvgIpc) is 2.78. The largest absolute Gasteiger partial charge is 0.406 e. The minimum atomic E-state index is -0.245. The van der Waals surface area contributed by atoms with E-state index in [9.17, 15) is 0 Å². The van der Waals surface area contributed by atoms with Crippen LogP contribution in [0.3, 0.4) is 0 Å². The molecule has 96 valence electrons. The van der Waals surface area contributed by atoms with Gasteiger partial charge in [-0.3, -0.25) is 0 Å². The summed E-state index contributed by atoms with van der Waals surface area (Å²) in [6.45, 7) is 2.51. The van der Waals surface area contributed by atoms with Crippen molar-refractivity contribution in [2.24, 2.45) is 5.73 Å². The Morgan fingerprint density at radius 2 is 2.22 bits per heavy atom. The molecule has 2 aromatic rings. The second kappa shape index (κ2) is 5.49. The Labute approximate surface area is 114 Å². The molecule has 5 nitrogen and oxygen atoms in total. The molecule has 0 fully saturated rings. The molecule has 1 heterocycles. The zero-order valence-corrected chi connectivity index (χ0v) is 11.9. The number of nitrogens with zero attached hydrogens (tertiary/aromatic N) is 3. The first kappa shape index (κ1) is 13.0. The van der Waals surface area contributed by atoms with E-state index in [1.54, 1.807) is 0 Å². The molecule has 0 amide bonds. The SMILES string of the molecule is CC(N)c1nnc(N(C)Cc2cccc(Br)c2)o1. The second-order valence-corrected chi connectivity index (χ2v) is 5.11. The molecule has 2 N–H and O–H groups in total. The molecule has 0 aliphatic heterocycles. The molecule has 0 spiro atoms. The van der Waals surface area contributed by atoms with E-state index < -0.39 is 0 Å². The predicted octanol–water partition coefficient (Wildman–Crippen LogP) is 2.49. The summed E-state index contributed by atoms with van der Waals surface area (Å²) >= 11 is 3.45. The fourth-order valence-electron chi connectivity index (χ4n) is 1.54. The van der Waals surface area contributed by atoms with Gasteiger partial charge in [-0.2, -0.15) is 0 Å². The Kier molecular flexibility index (Phi) is 3.98. The Morgan fingerprint density at radius 1 is 1.44 bits per heavy atom. The summed E-state index contributed by atoms with van der Waals surface area (Å²) in [5.41, 5.74) is 6.84. The third kappa shape index (κ3) is 3.08. The summed E-state index contributed by atoms with van der Waals surface area (Å²) in [6, 6.07) is 8.32. The summed E-state index contributed by atoms with van der Waals surface area (Å²) in [4.78, 5) is 1.89. The summed E-state index contributed by atoms with van der Waals surface area (Å²) in [5, 5.41) is 7.88. The molecule has 0 aliphatic rings. The van der Waals surface area contributed by atoms with E-state index in [4.69, 9.17) is 10.2 Å². The summed E-state index contributed by atoms with van der Waals surface area (Å²) in [5.74, 6) is 0.450. The molecular weight excluding hydrogens is 296 g/mol. The number of hydrogen-bond donors (Lipinski definition) is 1. The molecule has 1 aromatic carbocycles. The third-order valence-corrected chi connectivity index (χ3v) is 2.95. The van der Waals surface area contributed by atoms with E-state index in [0.29, 0.717) is 18.5 Å². The highest BCUT2D eigenvalue weighted by Gasteiger charge is 2.13. The number of halogens is 1. The number of nitrogens with two attached hydrogens (primary N) is 1. The number of benzene rings is 1. The monoisotopic (exact) mass is 310 g/mol. The minimum Gasteiger partial charge on any atom is -0.406 e. The smallest absolute Gasteiger partial charge is 0.318 e. The maximum Gasteiger partial charge on any atom is 0.318 e.